The molecule has 2 aromatic carbocycles. The summed E-state index contributed by atoms with van der Waals surface area (Å²) in [5, 5.41) is 3.54. The van der Waals surface area contributed by atoms with Gasteiger partial charge in [0, 0.05) is 5.02 Å². The zero-order valence-electron chi connectivity index (χ0n) is 15.2. The predicted octanol–water partition coefficient (Wildman–Crippen LogP) is 4.09. The van der Waals surface area contributed by atoms with Gasteiger partial charge in [-0.25, -0.2) is 0 Å². The third-order valence-electron chi connectivity index (χ3n) is 3.70. The number of rotatable bonds is 9. The van der Waals surface area contributed by atoms with Gasteiger partial charge in [-0.3, -0.25) is 4.79 Å². The predicted molar refractivity (Wildman–Crippen MR) is 102 cm³/mol. The minimum atomic E-state index is -0.570. The molecular formula is C20H24ClNO4. The number of benzene rings is 2. The van der Waals surface area contributed by atoms with Gasteiger partial charge in [-0.1, -0.05) is 18.5 Å². The maximum atomic E-state index is 12.4. The summed E-state index contributed by atoms with van der Waals surface area (Å²) in [6, 6.07) is 14.1. The average molecular weight is 378 g/mol. The fourth-order valence-corrected chi connectivity index (χ4v) is 2.40. The molecule has 0 aliphatic heterocycles. The molecule has 0 radical (unpaired) electrons. The molecule has 0 saturated heterocycles. The van der Waals surface area contributed by atoms with E-state index in [0.29, 0.717) is 23.8 Å². The van der Waals surface area contributed by atoms with E-state index in [-0.39, 0.29) is 11.9 Å². The van der Waals surface area contributed by atoms with Gasteiger partial charge in [0.15, 0.2) is 6.10 Å². The summed E-state index contributed by atoms with van der Waals surface area (Å²) in [4.78, 5) is 12.4. The molecule has 26 heavy (non-hydrogen) atoms. The van der Waals surface area contributed by atoms with Crippen molar-refractivity contribution in [2.24, 2.45) is 0 Å². The van der Waals surface area contributed by atoms with Crippen molar-refractivity contribution < 1.29 is 19.0 Å². The average Bonchev–Trinajstić information content (AvgIpc) is 2.66. The Morgan fingerprint density at radius 1 is 1.04 bits per heavy atom. The summed E-state index contributed by atoms with van der Waals surface area (Å²) >= 11 is 5.86. The molecule has 0 heterocycles. The van der Waals surface area contributed by atoms with Gasteiger partial charge >= 0.3 is 0 Å². The summed E-state index contributed by atoms with van der Waals surface area (Å²) in [7, 11) is 1.61. The van der Waals surface area contributed by atoms with E-state index in [9.17, 15) is 4.79 Å². The molecule has 0 aliphatic carbocycles. The highest BCUT2D eigenvalue weighted by atomic mass is 35.5. The van der Waals surface area contributed by atoms with Crippen LogP contribution in [0.2, 0.25) is 5.02 Å². The number of amides is 1. The Morgan fingerprint density at radius 2 is 1.62 bits per heavy atom. The number of hydrogen-bond acceptors (Lipinski definition) is 4. The van der Waals surface area contributed by atoms with Gasteiger partial charge in [-0.15, -0.1) is 0 Å². The van der Waals surface area contributed by atoms with Crippen LogP contribution in [0, 0.1) is 0 Å². The first-order valence-electron chi connectivity index (χ1n) is 8.51. The normalized spacial score (nSPS) is 12.8. The summed E-state index contributed by atoms with van der Waals surface area (Å²) in [5.41, 5.74) is 0. The monoisotopic (exact) mass is 377 g/mol. The van der Waals surface area contributed by atoms with E-state index in [2.05, 4.69) is 5.32 Å². The Labute approximate surface area is 159 Å². The number of hydrogen-bond donors (Lipinski definition) is 1. The largest absolute Gasteiger partial charge is 0.497 e. The highest BCUT2D eigenvalue weighted by molar-refractivity contribution is 6.30. The SMILES string of the molecule is CC[C@@H](Oc1ccc(Cl)cc1)C(=O)N[C@H](C)COc1ccc(OC)cc1. The molecule has 140 valence electrons. The van der Waals surface area contributed by atoms with Crippen molar-refractivity contribution in [1.82, 2.24) is 5.32 Å². The van der Waals surface area contributed by atoms with Crippen LogP contribution in [0.3, 0.4) is 0 Å². The third kappa shape index (κ3) is 6.15. The Hall–Kier alpha value is -2.40. The van der Waals surface area contributed by atoms with Gasteiger partial charge in [0.25, 0.3) is 5.91 Å². The van der Waals surface area contributed by atoms with Gasteiger partial charge in [0.05, 0.1) is 13.2 Å². The fraction of sp³-hybridized carbons (Fsp3) is 0.350. The fourth-order valence-electron chi connectivity index (χ4n) is 2.27. The van der Waals surface area contributed by atoms with Gasteiger partial charge in [0.1, 0.15) is 23.9 Å². The van der Waals surface area contributed by atoms with Crippen LogP contribution in [0.1, 0.15) is 20.3 Å². The lowest BCUT2D eigenvalue weighted by Gasteiger charge is -2.21. The molecule has 2 aromatic rings. The van der Waals surface area contributed by atoms with Crippen molar-refractivity contribution in [2.45, 2.75) is 32.4 Å². The van der Waals surface area contributed by atoms with Crippen molar-refractivity contribution in [3.05, 3.63) is 53.6 Å². The van der Waals surface area contributed by atoms with Crippen molar-refractivity contribution >= 4 is 17.5 Å². The Morgan fingerprint density at radius 3 is 2.19 bits per heavy atom. The van der Waals surface area contributed by atoms with Crippen LogP contribution in [0.25, 0.3) is 0 Å². The third-order valence-corrected chi connectivity index (χ3v) is 3.96. The van der Waals surface area contributed by atoms with Crippen molar-refractivity contribution in [2.75, 3.05) is 13.7 Å². The highest BCUT2D eigenvalue weighted by Gasteiger charge is 2.20. The lowest BCUT2D eigenvalue weighted by molar-refractivity contribution is -0.128. The molecule has 1 amide bonds. The second kappa shape index (κ2) is 9.92. The first kappa shape index (κ1) is 19.9. The molecule has 0 aliphatic rings. The van der Waals surface area contributed by atoms with Crippen LogP contribution in [-0.2, 0) is 4.79 Å². The second-order valence-electron chi connectivity index (χ2n) is 5.86. The van der Waals surface area contributed by atoms with Crippen molar-refractivity contribution in [3.63, 3.8) is 0 Å². The first-order chi connectivity index (χ1) is 12.5. The van der Waals surface area contributed by atoms with Crippen molar-refractivity contribution in [1.29, 1.82) is 0 Å². The molecule has 0 aromatic heterocycles. The molecule has 2 atom stereocenters. The molecule has 2 rings (SSSR count). The molecule has 0 spiro atoms. The van der Waals surface area contributed by atoms with Crippen LogP contribution in [0.5, 0.6) is 17.2 Å². The molecule has 1 N–H and O–H groups in total. The summed E-state index contributed by atoms with van der Waals surface area (Å²) in [6.07, 6.45) is -0.0137. The maximum Gasteiger partial charge on any atom is 0.261 e. The minimum Gasteiger partial charge on any atom is -0.497 e. The zero-order valence-corrected chi connectivity index (χ0v) is 16.0. The molecule has 0 saturated carbocycles. The van der Waals surface area contributed by atoms with Gasteiger partial charge in [-0.05, 0) is 61.9 Å². The lowest BCUT2D eigenvalue weighted by atomic mass is 10.2. The highest BCUT2D eigenvalue weighted by Crippen LogP contribution is 2.18. The van der Waals surface area contributed by atoms with Crippen molar-refractivity contribution in [3.8, 4) is 17.2 Å². The molecule has 5 nitrogen and oxygen atoms in total. The standard InChI is InChI=1S/C20H24ClNO4/c1-4-19(26-18-7-5-15(21)6-8-18)20(23)22-14(2)13-25-17-11-9-16(24-3)10-12-17/h5-12,14,19H,4,13H2,1-3H3,(H,22,23)/t14-,19-/m1/s1. The van der Waals surface area contributed by atoms with Crippen LogP contribution in [0.4, 0.5) is 0 Å². The smallest absolute Gasteiger partial charge is 0.261 e. The van der Waals surface area contributed by atoms with E-state index in [1.165, 1.54) is 0 Å². The number of carbonyl (C=O) groups is 1. The number of ether oxygens (including phenoxy) is 3. The Balaban J connectivity index is 1.82. The van der Waals surface area contributed by atoms with Gasteiger partial charge < -0.3 is 19.5 Å². The van der Waals surface area contributed by atoms with E-state index >= 15 is 0 Å². The summed E-state index contributed by atoms with van der Waals surface area (Å²) < 4.78 is 16.5. The van der Waals surface area contributed by atoms with E-state index < -0.39 is 6.10 Å². The van der Waals surface area contributed by atoms with Crippen LogP contribution < -0.4 is 19.5 Å². The van der Waals surface area contributed by atoms with E-state index in [1.54, 1.807) is 31.4 Å². The van der Waals surface area contributed by atoms with E-state index in [0.717, 1.165) is 11.5 Å². The van der Waals surface area contributed by atoms with E-state index in [4.69, 9.17) is 25.8 Å². The van der Waals surface area contributed by atoms with Crippen LogP contribution >= 0.6 is 11.6 Å². The Bertz CT molecular complexity index is 688. The second-order valence-corrected chi connectivity index (χ2v) is 6.30. The van der Waals surface area contributed by atoms with Crippen LogP contribution in [-0.4, -0.2) is 31.8 Å². The molecule has 0 bridgehead atoms. The lowest BCUT2D eigenvalue weighted by Crippen LogP contribution is -2.44. The topological polar surface area (TPSA) is 56.8 Å². The quantitative estimate of drug-likeness (QED) is 0.715. The number of carbonyl (C=O) groups excluding carboxylic acids is 1. The maximum absolute atomic E-state index is 12.4. The Kier molecular flexibility index (Phi) is 7.60. The van der Waals surface area contributed by atoms with Gasteiger partial charge in [0.2, 0.25) is 0 Å². The van der Waals surface area contributed by atoms with E-state index in [1.807, 2.05) is 38.1 Å². The summed E-state index contributed by atoms with van der Waals surface area (Å²) in [6.45, 7) is 4.14. The number of halogens is 1. The molecule has 6 heteroatoms. The number of methoxy groups -OCH3 is 1. The summed E-state index contributed by atoms with van der Waals surface area (Å²) in [5.74, 6) is 1.92. The molecule has 0 fully saturated rings. The molecular weight excluding hydrogens is 354 g/mol. The van der Waals surface area contributed by atoms with Crippen LogP contribution in [0.15, 0.2) is 48.5 Å². The van der Waals surface area contributed by atoms with Gasteiger partial charge in [-0.2, -0.15) is 0 Å². The molecule has 0 unspecified atom stereocenters. The number of nitrogens with one attached hydrogen (secondary N) is 1. The minimum absolute atomic E-state index is 0.160. The zero-order chi connectivity index (χ0) is 18.9. The first-order valence-corrected chi connectivity index (χ1v) is 8.89.